The van der Waals surface area contributed by atoms with Gasteiger partial charge in [-0.25, -0.2) is 0 Å². The van der Waals surface area contributed by atoms with Gasteiger partial charge in [0.15, 0.2) is 0 Å². The van der Waals surface area contributed by atoms with Gasteiger partial charge in [-0.2, -0.15) is 0 Å². The summed E-state index contributed by atoms with van der Waals surface area (Å²) in [5.41, 5.74) is 1.04. The minimum Gasteiger partial charge on any atom is -0.497 e. The third kappa shape index (κ3) is 3.15. The van der Waals surface area contributed by atoms with E-state index in [9.17, 15) is 14.7 Å². The average molecular weight is 379 g/mol. The first-order chi connectivity index (χ1) is 13.5. The van der Waals surface area contributed by atoms with E-state index in [1.54, 1.807) is 7.11 Å². The number of carbonyl (C=O) groups is 2. The molecule has 2 aliphatic rings. The first-order valence-corrected chi connectivity index (χ1v) is 9.75. The van der Waals surface area contributed by atoms with Crippen molar-refractivity contribution in [2.24, 2.45) is 5.41 Å². The van der Waals surface area contributed by atoms with Crippen LogP contribution in [0, 0.1) is 5.41 Å². The summed E-state index contributed by atoms with van der Waals surface area (Å²) in [5, 5.41) is 10.1. The predicted molar refractivity (Wildman–Crippen MR) is 105 cm³/mol. The van der Waals surface area contributed by atoms with Crippen molar-refractivity contribution >= 4 is 11.9 Å². The summed E-state index contributed by atoms with van der Waals surface area (Å²) in [6, 6.07) is 17.0. The number of carboxylic acid groups (broad SMARTS) is 1. The highest BCUT2D eigenvalue weighted by atomic mass is 16.5. The van der Waals surface area contributed by atoms with E-state index in [4.69, 9.17) is 4.74 Å². The lowest BCUT2D eigenvalue weighted by Crippen LogP contribution is -2.46. The lowest BCUT2D eigenvalue weighted by Gasteiger charge is -2.33. The number of carbonyl (C=O) groups excluding carboxylic acids is 1. The number of methoxy groups -OCH3 is 1. The molecule has 2 heterocycles. The zero-order valence-corrected chi connectivity index (χ0v) is 16.0. The molecule has 2 aromatic carbocycles. The number of ether oxygens (including phenoxy) is 1. The summed E-state index contributed by atoms with van der Waals surface area (Å²) in [5.74, 6) is -0.00940. The predicted octanol–water partition coefficient (Wildman–Crippen LogP) is 3.31. The topological polar surface area (TPSA) is 66.8 Å². The molecule has 2 aromatic rings. The maximum atomic E-state index is 13.1. The molecule has 3 atom stereocenters. The molecule has 2 fully saturated rings. The van der Waals surface area contributed by atoms with E-state index in [2.05, 4.69) is 0 Å². The van der Waals surface area contributed by atoms with Crippen LogP contribution in [0.4, 0.5) is 0 Å². The van der Waals surface area contributed by atoms with Crippen molar-refractivity contribution < 1.29 is 19.4 Å². The third-order valence-corrected chi connectivity index (χ3v) is 6.33. The van der Waals surface area contributed by atoms with Crippen molar-refractivity contribution in [3.05, 3.63) is 65.7 Å². The van der Waals surface area contributed by atoms with E-state index in [0.717, 1.165) is 29.7 Å². The van der Waals surface area contributed by atoms with Crippen molar-refractivity contribution in [3.63, 3.8) is 0 Å². The Morgan fingerprint density at radius 1 is 1.07 bits per heavy atom. The van der Waals surface area contributed by atoms with Gasteiger partial charge < -0.3 is 14.7 Å². The van der Waals surface area contributed by atoms with Crippen LogP contribution >= 0.6 is 0 Å². The van der Waals surface area contributed by atoms with Crippen molar-refractivity contribution in [1.82, 2.24) is 4.90 Å². The Kier molecular flexibility index (Phi) is 4.84. The first kappa shape index (κ1) is 18.5. The molecular weight excluding hydrogens is 354 g/mol. The molecule has 1 amide bonds. The minimum atomic E-state index is -0.889. The molecule has 5 heteroatoms. The van der Waals surface area contributed by atoms with Crippen molar-refractivity contribution in [3.8, 4) is 5.75 Å². The fraction of sp³-hybridized carbons (Fsp3) is 0.391. The molecule has 146 valence electrons. The van der Waals surface area contributed by atoms with E-state index < -0.39 is 11.4 Å². The Labute approximate surface area is 164 Å². The minimum absolute atomic E-state index is 0.0221. The van der Waals surface area contributed by atoms with Gasteiger partial charge in [0.25, 0.3) is 0 Å². The molecule has 0 radical (unpaired) electrons. The van der Waals surface area contributed by atoms with Crippen LogP contribution in [0.1, 0.15) is 30.4 Å². The number of fused-ring (bicyclic) bond motifs is 2. The van der Waals surface area contributed by atoms with Gasteiger partial charge in [0.2, 0.25) is 5.91 Å². The van der Waals surface area contributed by atoms with Gasteiger partial charge in [-0.05, 0) is 48.9 Å². The van der Waals surface area contributed by atoms with E-state index >= 15 is 0 Å². The number of aliphatic carboxylic acids is 1. The molecule has 0 aromatic heterocycles. The zero-order chi connectivity index (χ0) is 19.7. The molecule has 28 heavy (non-hydrogen) atoms. The summed E-state index contributed by atoms with van der Waals surface area (Å²) >= 11 is 0. The number of benzene rings is 2. The second-order valence-corrected chi connectivity index (χ2v) is 7.90. The quantitative estimate of drug-likeness (QED) is 0.836. The maximum Gasteiger partial charge on any atom is 0.312 e. The summed E-state index contributed by atoms with van der Waals surface area (Å²) in [6.07, 6.45) is 2.95. The number of hydrogen-bond donors (Lipinski definition) is 1. The molecule has 0 saturated carbocycles. The lowest BCUT2D eigenvalue weighted by atomic mass is 9.70. The molecule has 4 rings (SSSR count). The standard InChI is InChI=1S/C23H25NO4/c1-28-19-10-7-16(8-11-19)13-21(25)24-18-9-12-20(24)23(15-18,22(26)27)14-17-5-3-2-4-6-17/h2-8,10-11,18,20H,9,12-15H2,1H3,(H,26,27)/t18-,20+,23+/m0/s1. The van der Waals surface area contributed by atoms with Gasteiger partial charge in [0, 0.05) is 12.1 Å². The molecule has 0 spiro atoms. The molecule has 2 bridgehead atoms. The van der Waals surface area contributed by atoms with Crippen molar-refractivity contribution in [1.29, 1.82) is 0 Å². The van der Waals surface area contributed by atoms with Crippen LogP contribution in [0.5, 0.6) is 5.75 Å². The van der Waals surface area contributed by atoms with Crippen LogP contribution in [0.2, 0.25) is 0 Å². The largest absolute Gasteiger partial charge is 0.497 e. The van der Waals surface area contributed by atoms with Crippen LogP contribution in [-0.2, 0) is 22.4 Å². The highest BCUT2D eigenvalue weighted by Gasteiger charge is 2.61. The summed E-state index contributed by atoms with van der Waals surface area (Å²) < 4.78 is 5.17. The molecule has 2 saturated heterocycles. The van der Waals surface area contributed by atoms with E-state index in [0.29, 0.717) is 12.8 Å². The van der Waals surface area contributed by atoms with Gasteiger partial charge in [-0.3, -0.25) is 9.59 Å². The Morgan fingerprint density at radius 3 is 2.43 bits per heavy atom. The van der Waals surface area contributed by atoms with E-state index in [1.165, 1.54) is 0 Å². The van der Waals surface area contributed by atoms with Crippen LogP contribution in [-0.4, -0.2) is 41.1 Å². The maximum absolute atomic E-state index is 13.1. The summed E-state index contributed by atoms with van der Waals surface area (Å²) in [7, 11) is 1.61. The van der Waals surface area contributed by atoms with Crippen molar-refractivity contribution in [2.75, 3.05) is 7.11 Å². The molecule has 5 nitrogen and oxygen atoms in total. The Hall–Kier alpha value is -2.82. The van der Waals surface area contributed by atoms with Crippen molar-refractivity contribution in [2.45, 2.75) is 44.2 Å². The Morgan fingerprint density at radius 2 is 1.79 bits per heavy atom. The number of hydrogen-bond acceptors (Lipinski definition) is 3. The monoisotopic (exact) mass is 379 g/mol. The van der Waals surface area contributed by atoms with Crippen LogP contribution < -0.4 is 4.74 Å². The van der Waals surface area contributed by atoms with Gasteiger partial charge in [0.05, 0.1) is 18.9 Å². The van der Waals surface area contributed by atoms with E-state index in [1.807, 2.05) is 59.5 Å². The van der Waals surface area contributed by atoms with Gasteiger partial charge in [-0.15, -0.1) is 0 Å². The summed E-state index contributed by atoms with van der Waals surface area (Å²) in [6.45, 7) is 0. The summed E-state index contributed by atoms with van der Waals surface area (Å²) in [4.78, 5) is 27.3. The SMILES string of the molecule is COc1ccc(CC(=O)N2[C@H]3CC[C@@H]2[C@](Cc2ccccc2)(C(=O)O)C3)cc1. The Balaban J connectivity index is 1.55. The fourth-order valence-corrected chi connectivity index (χ4v) is 5.02. The highest BCUT2D eigenvalue weighted by molar-refractivity contribution is 5.84. The number of rotatable bonds is 6. The molecule has 0 aliphatic carbocycles. The first-order valence-electron chi connectivity index (χ1n) is 9.75. The molecule has 2 aliphatic heterocycles. The second kappa shape index (κ2) is 7.30. The van der Waals surface area contributed by atoms with Crippen LogP contribution in [0.3, 0.4) is 0 Å². The normalized spacial score (nSPS) is 25.7. The van der Waals surface area contributed by atoms with Gasteiger partial charge in [-0.1, -0.05) is 42.5 Å². The smallest absolute Gasteiger partial charge is 0.312 e. The van der Waals surface area contributed by atoms with Crippen LogP contribution in [0.15, 0.2) is 54.6 Å². The number of nitrogens with zero attached hydrogens (tertiary/aromatic N) is 1. The third-order valence-electron chi connectivity index (χ3n) is 6.33. The molecule has 1 N–H and O–H groups in total. The highest BCUT2D eigenvalue weighted by Crippen LogP contribution is 2.52. The second-order valence-electron chi connectivity index (χ2n) is 7.90. The average Bonchev–Trinajstić information content (AvgIpc) is 3.26. The van der Waals surface area contributed by atoms with Crippen LogP contribution in [0.25, 0.3) is 0 Å². The van der Waals surface area contributed by atoms with E-state index in [-0.39, 0.29) is 24.4 Å². The number of carboxylic acids is 1. The van der Waals surface area contributed by atoms with Gasteiger partial charge >= 0.3 is 5.97 Å². The Bertz CT molecular complexity index is 864. The molecular formula is C23H25NO4. The number of amides is 1. The molecule has 0 unspecified atom stereocenters. The lowest BCUT2D eigenvalue weighted by molar-refractivity contribution is -0.151. The fourth-order valence-electron chi connectivity index (χ4n) is 5.02. The van der Waals surface area contributed by atoms with Gasteiger partial charge in [0.1, 0.15) is 5.75 Å². The zero-order valence-electron chi connectivity index (χ0n) is 16.0.